The Bertz CT molecular complexity index is 414. The fraction of sp³-hybridized carbons (Fsp3) is 0.500. The van der Waals surface area contributed by atoms with E-state index in [-0.39, 0.29) is 11.9 Å². The molecule has 1 atom stereocenters. The van der Waals surface area contributed by atoms with Crippen LogP contribution < -0.4 is 11.5 Å². The molecule has 0 aliphatic heterocycles. The molecule has 0 fully saturated rings. The smallest absolute Gasteiger partial charge is 0.254 e. The van der Waals surface area contributed by atoms with Gasteiger partial charge in [0.05, 0.1) is 6.61 Å². The number of carbonyl (C=O) groups is 1. The molecule has 5 heteroatoms. The Balaban J connectivity index is 2.97. The van der Waals surface area contributed by atoms with Crippen LogP contribution in [0.15, 0.2) is 18.2 Å². The Kier molecular flexibility index (Phi) is 5.63. The van der Waals surface area contributed by atoms with E-state index in [0.29, 0.717) is 30.1 Å². The maximum absolute atomic E-state index is 12.5. The van der Waals surface area contributed by atoms with Crippen LogP contribution in [0, 0.1) is 0 Å². The van der Waals surface area contributed by atoms with Gasteiger partial charge in [0.1, 0.15) is 0 Å². The summed E-state index contributed by atoms with van der Waals surface area (Å²) in [5, 5.41) is 0. The van der Waals surface area contributed by atoms with Crippen molar-refractivity contribution >= 4 is 17.3 Å². The van der Waals surface area contributed by atoms with Crippen LogP contribution in [0.3, 0.4) is 0 Å². The van der Waals surface area contributed by atoms with E-state index >= 15 is 0 Å². The fourth-order valence-corrected chi connectivity index (χ4v) is 1.90. The van der Waals surface area contributed by atoms with Crippen molar-refractivity contribution in [1.29, 1.82) is 0 Å². The van der Waals surface area contributed by atoms with E-state index in [2.05, 4.69) is 0 Å². The second kappa shape index (κ2) is 6.99. The molecule has 106 valence electrons. The molecule has 0 radical (unpaired) electrons. The highest BCUT2D eigenvalue weighted by Gasteiger charge is 2.20. The van der Waals surface area contributed by atoms with E-state index in [0.717, 1.165) is 6.42 Å². The summed E-state index contributed by atoms with van der Waals surface area (Å²) in [7, 11) is 1.62. The number of nitrogens with two attached hydrogens (primary N) is 2. The molecule has 0 aromatic heterocycles. The van der Waals surface area contributed by atoms with Gasteiger partial charge in [-0.15, -0.1) is 0 Å². The van der Waals surface area contributed by atoms with Gasteiger partial charge in [0, 0.05) is 36.6 Å². The molecular formula is C14H23N3O2. The summed E-state index contributed by atoms with van der Waals surface area (Å²) >= 11 is 0. The van der Waals surface area contributed by atoms with Gasteiger partial charge in [-0.1, -0.05) is 6.92 Å². The van der Waals surface area contributed by atoms with Crippen molar-refractivity contribution in [2.45, 2.75) is 26.3 Å². The lowest BCUT2D eigenvalue weighted by molar-refractivity contribution is 0.0614. The van der Waals surface area contributed by atoms with Gasteiger partial charge in [-0.05, 0) is 31.5 Å². The molecular weight excluding hydrogens is 242 g/mol. The summed E-state index contributed by atoms with van der Waals surface area (Å²) in [6.07, 6.45) is 0.882. The monoisotopic (exact) mass is 265 g/mol. The van der Waals surface area contributed by atoms with E-state index in [4.69, 9.17) is 16.2 Å². The number of hydrogen-bond donors (Lipinski definition) is 2. The van der Waals surface area contributed by atoms with Crippen LogP contribution in [0.25, 0.3) is 0 Å². The average molecular weight is 265 g/mol. The first-order valence-corrected chi connectivity index (χ1v) is 6.45. The highest BCUT2D eigenvalue weighted by atomic mass is 16.5. The molecule has 1 rings (SSSR count). The van der Waals surface area contributed by atoms with E-state index in [1.807, 2.05) is 13.8 Å². The van der Waals surface area contributed by atoms with Crippen molar-refractivity contribution in [3.05, 3.63) is 23.8 Å². The maximum atomic E-state index is 12.5. The molecule has 4 N–H and O–H groups in total. The van der Waals surface area contributed by atoms with Gasteiger partial charge in [0.25, 0.3) is 5.91 Å². The topological polar surface area (TPSA) is 81.6 Å². The molecule has 0 aliphatic carbocycles. The summed E-state index contributed by atoms with van der Waals surface area (Å²) in [4.78, 5) is 14.3. The zero-order valence-corrected chi connectivity index (χ0v) is 11.8. The first-order valence-electron chi connectivity index (χ1n) is 6.45. The van der Waals surface area contributed by atoms with Gasteiger partial charge in [-0.25, -0.2) is 0 Å². The number of nitrogens with zero attached hydrogens (tertiary/aromatic N) is 1. The second-order valence-electron chi connectivity index (χ2n) is 4.64. The van der Waals surface area contributed by atoms with Crippen molar-refractivity contribution in [3.8, 4) is 0 Å². The quantitative estimate of drug-likeness (QED) is 0.768. The summed E-state index contributed by atoms with van der Waals surface area (Å²) in [6.45, 7) is 5.13. The van der Waals surface area contributed by atoms with E-state index in [1.54, 1.807) is 30.2 Å². The summed E-state index contributed by atoms with van der Waals surface area (Å²) in [5.41, 5.74) is 13.0. The minimum Gasteiger partial charge on any atom is -0.399 e. The molecule has 0 heterocycles. The van der Waals surface area contributed by atoms with E-state index in [9.17, 15) is 4.79 Å². The largest absolute Gasteiger partial charge is 0.399 e. The van der Waals surface area contributed by atoms with Gasteiger partial charge in [-0.2, -0.15) is 0 Å². The van der Waals surface area contributed by atoms with Crippen LogP contribution in [0.1, 0.15) is 30.6 Å². The average Bonchev–Trinajstić information content (AvgIpc) is 2.37. The van der Waals surface area contributed by atoms with Crippen LogP contribution in [-0.4, -0.2) is 37.1 Å². The van der Waals surface area contributed by atoms with Crippen LogP contribution in [0.5, 0.6) is 0 Å². The van der Waals surface area contributed by atoms with Gasteiger partial charge in [0.2, 0.25) is 0 Å². The summed E-state index contributed by atoms with van der Waals surface area (Å²) in [6, 6.07) is 5.09. The molecule has 1 aromatic rings. The minimum atomic E-state index is -0.0644. The molecule has 1 unspecified atom stereocenters. The SMILES string of the molecule is CCC(C)N(CCOC)C(=O)c1cc(N)cc(N)c1. The molecule has 5 nitrogen and oxygen atoms in total. The number of benzene rings is 1. The van der Waals surface area contributed by atoms with Crippen molar-refractivity contribution in [1.82, 2.24) is 4.90 Å². The predicted octanol–water partition coefficient (Wildman–Crippen LogP) is 1.74. The minimum absolute atomic E-state index is 0.0644. The van der Waals surface area contributed by atoms with Crippen LogP contribution in [-0.2, 0) is 4.74 Å². The van der Waals surface area contributed by atoms with Crippen molar-refractivity contribution < 1.29 is 9.53 Å². The number of ether oxygens (including phenoxy) is 1. The van der Waals surface area contributed by atoms with Gasteiger partial charge < -0.3 is 21.1 Å². The standard InChI is InChI=1S/C14H23N3O2/c1-4-10(2)17(5-6-19-3)14(18)11-7-12(15)9-13(16)8-11/h7-10H,4-6,15-16H2,1-3H3. The molecule has 0 saturated carbocycles. The van der Waals surface area contributed by atoms with Gasteiger partial charge in [0.15, 0.2) is 0 Å². The first kappa shape index (κ1) is 15.3. The normalized spacial score (nSPS) is 12.2. The number of hydrogen-bond acceptors (Lipinski definition) is 4. The second-order valence-corrected chi connectivity index (χ2v) is 4.64. The molecule has 19 heavy (non-hydrogen) atoms. The zero-order valence-electron chi connectivity index (χ0n) is 11.8. The van der Waals surface area contributed by atoms with Crippen LogP contribution in [0.4, 0.5) is 11.4 Å². The van der Waals surface area contributed by atoms with Crippen LogP contribution in [0.2, 0.25) is 0 Å². The molecule has 0 bridgehead atoms. The number of rotatable bonds is 6. The molecule has 1 amide bonds. The van der Waals surface area contributed by atoms with Crippen molar-refractivity contribution in [2.24, 2.45) is 0 Å². The molecule has 1 aromatic carbocycles. The maximum Gasteiger partial charge on any atom is 0.254 e. The number of carbonyl (C=O) groups excluding carboxylic acids is 1. The number of nitrogen functional groups attached to an aromatic ring is 2. The van der Waals surface area contributed by atoms with E-state index in [1.165, 1.54) is 0 Å². The molecule has 0 saturated heterocycles. The Labute approximate surface area is 114 Å². The number of anilines is 2. The first-order chi connectivity index (χ1) is 8.99. The Morgan fingerprint density at radius 3 is 2.37 bits per heavy atom. The third-order valence-corrected chi connectivity index (χ3v) is 3.14. The molecule has 0 spiro atoms. The third kappa shape index (κ3) is 4.13. The lowest BCUT2D eigenvalue weighted by Gasteiger charge is -2.28. The third-order valence-electron chi connectivity index (χ3n) is 3.14. The highest BCUT2D eigenvalue weighted by Crippen LogP contribution is 2.17. The zero-order chi connectivity index (χ0) is 14.4. The number of amides is 1. The van der Waals surface area contributed by atoms with E-state index < -0.39 is 0 Å². The Morgan fingerprint density at radius 2 is 1.89 bits per heavy atom. The lowest BCUT2D eigenvalue weighted by atomic mass is 10.1. The van der Waals surface area contributed by atoms with Crippen molar-refractivity contribution in [3.63, 3.8) is 0 Å². The summed E-state index contributed by atoms with van der Waals surface area (Å²) in [5.74, 6) is -0.0644. The lowest BCUT2D eigenvalue weighted by Crippen LogP contribution is -2.40. The predicted molar refractivity (Wildman–Crippen MR) is 77.9 cm³/mol. The molecule has 0 aliphatic rings. The van der Waals surface area contributed by atoms with Crippen molar-refractivity contribution in [2.75, 3.05) is 31.7 Å². The number of methoxy groups -OCH3 is 1. The van der Waals surface area contributed by atoms with Gasteiger partial charge >= 0.3 is 0 Å². The Morgan fingerprint density at radius 1 is 1.32 bits per heavy atom. The van der Waals surface area contributed by atoms with Crippen LogP contribution >= 0.6 is 0 Å². The highest BCUT2D eigenvalue weighted by molar-refractivity contribution is 5.96. The summed E-state index contributed by atoms with van der Waals surface area (Å²) < 4.78 is 5.06. The fourth-order valence-electron chi connectivity index (χ4n) is 1.90. The Hall–Kier alpha value is -1.75. The van der Waals surface area contributed by atoms with Gasteiger partial charge in [-0.3, -0.25) is 4.79 Å².